The average molecular weight is 304 g/mol. The molecule has 0 aromatic heterocycles. The van der Waals surface area contributed by atoms with Crippen molar-refractivity contribution >= 4 is 10.0 Å². The zero-order valence-electron chi connectivity index (χ0n) is 12.7. The van der Waals surface area contributed by atoms with E-state index >= 15 is 0 Å². The Balaban J connectivity index is 1.79. The van der Waals surface area contributed by atoms with Crippen LogP contribution in [0.4, 0.5) is 0 Å². The van der Waals surface area contributed by atoms with Crippen molar-refractivity contribution in [2.24, 2.45) is 0 Å². The van der Waals surface area contributed by atoms with Crippen molar-refractivity contribution in [3.05, 3.63) is 0 Å². The van der Waals surface area contributed by atoms with Gasteiger partial charge in [0, 0.05) is 52.4 Å². The molecule has 2 aliphatic rings. The Morgan fingerprint density at radius 2 is 1.95 bits per heavy atom. The molecule has 1 atom stereocenters. The van der Waals surface area contributed by atoms with E-state index in [1.165, 1.54) is 6.42 Å². The molecule has 118 valence electrons. The summed E-state index contributed by atoms with van der Waals surface area (Å²) < 4.78 is 26.2. The number of nitrogens with one attached hydrogen (secondary N) is 1. The highest BCUT2D eigenvalue weighted by atomic mass is 32.2. The molecular weight excluding hydrogens is 276 g/mol. The lowest BCUT2D eigenvalue weighted by atomic mass is 10.2. The van der Waals surface area contributed by atoms with Crippen LogP contribution in [0.1, 0.15) is 12.8 Å². The summed E-state index contributed by atoms with van der Waals surface area (Å²) in [6, 6.07) is 0.383. The number of likely N-dealkylation sites (tertiary alicyclic amines) is 1. The molecule has 0 bridgehead atoms. The molecule has 2 aliphatic heterocycles. The molecule has 20 heavy (non-hydrogen) atoms. The minimum absolute atomic E-state index is 0.236. The first-order valence-corrected chi connectivity index (χ1v) is 9.17. The van der Waals surface area contributed by atoms with E-state index in [0.29, 0.717) is 19.1 Å². The molecule has 1 N–H and O–H groups in total. The van der Waals surface area contributed by atoms with Gasteiger partial charge in [0.2, 0.25) is 10.0 Å². The van der Waals surface area contributed by atoms with Crippen molar-refractivity contribution in [2.45, 2.75) is 18.9 Å². The maximum atomic E-state index is 12.3. The summed E-state index contributed by atoms with van der Waals surface area (Å²) in [4.78, 5) is 4.49. The molecule has 7 heteroatoms. The van der Waals surface area contributed by atoms with Crippen LogP contribution in [0.2, 0.25) is 0 Å². The van der Waals surface area contributed by atoms with Crippen molar-refractivity contribution in [3.63, 3.8) is 0 Å². The van der Waals surface area contributed by atoms with Crippen molar-refractivity contribution in [2.75, 3.05) is 65.7 Å². The van der Waals surface area contributed by atoms with Crippen molar-refractivity contribution in [1.82, 2.24) is 19.4 Å². The van der Waals surface area contributed by atoms with Crippen LogP contribution in [0.25, 0.3) is 0 Å². The molecule has 0 spiro atoms. The second-order valence-electron chi connectivity index (χ2n) is 5.96. The molecule has 0 aromatic rings. The van der Waals surface area contributed by atoms with Crippen LogP contribution in [0.15, 0.2) is 0 Å². The summed E-state index contributed by atoms with van der Waals surface area (Å²) in [5, 5.41) is 3.28. The van der Waals surface area contributed by atoms with Gasteiger partial charge in [-0.25, -0.2) is 12.7 Å². The summed E-state index contributed by atoms with van der Waals surface area (Å²) in [5.41, 5.74) is 0. The van der Waals surface area contributed by atoms with Crippen LogP contribution >= 0.6 is 0 Å². The fourth-order valence-electron chi connectivity index (χ4n) is 2.96. The zero-order valence-corrected chi connectivity index (χ0v) is 13.5. The van der Waals surface area contributed by atoms with E-state index in [2.05, 4.69) is 22.2 Å². The van der Waals surface area contributed by atoms with Crippen LogP contribution in [-0.2, 0) is 10.0 Å². The van der Waals surface area contributed by atoms with Gasteiger partial charge < -0.3 is 10.2 Å². The second kappa shape index (κ2) is 7.17. The van der Waals surface area contributed by atoms with E-state index in [1.54, 1.807) is 11.4 Å². The van der Waals surface area contributed by atoms with Crippen LogP contribution in [0, 0.1) is 0 Å². The molecular formula is C13H28N4O2S. The number of piperazine rings is 1. The van der Waals surface area contributed by atoms with Crippen LogP contribution in [-0.4, -0.2) is 94.2 Å². The van der Waals surface area contributed by atoms with Crippen LogP contribution < -0.4 is 5.32 Å². The zero-order chi connectivity index (χ0) is 14.6. The lowest BCUT2D eigenvalue weighted by molar-refractivity contribution is 0.250. The molecule has 0 saturated carbocycles. The standard InChI is InChI=1S/C13H28N4O2S/c1-15-7-3-4-13(15)12-16(2)20(18,19)11-10-17-8-5-14-6-9-17/h13-14H,3-12H2,1-2H3. The summed E-state index contributed by atoms with van der Waals surface area (Å²) >= 11 is 0. The van der Waals surface area contributed by atoms with Gasteiger partial charge in [-0.2, -0.15) is 0 Å². The van der Waals surface area contributed by atoms with Gasteiger partial charge in [-0.1, -0.05) is 0 Å². The Morgan fingerprint density at radius 3 is 2.55 bits per heavy atom. The summed E-state index contributed by atoms with van der Waals surface area (Å²) in [5.74, 6) is 0.236. The minimum Gasteiger partial charge on any atom is -0.314 e. The molecule has 2 heterocycles. The van der Waals surface area contributed by atoms with Gasteiger partial charge in [0.1, 0.15) is 0 Å². The average Bonchev–Trinajstić information content (AvgIpc) is 2.83. The first-order chi connectivity index (χ1) is 9.49. The fourth-order valence-corrected chi connectivity index (χ4v) is 4.16. The molecule has 1 unspecified atom stereocenters. The third-order valence-corrected chi connectivity index (χ3v) is 6.29. The molecule has 0 aliphatic carbocycles. The van der Waals surface area contributed by atoms with Gasteiger partial charge in [0.25, 0.3) is 0 Å². The highest BCUT2D eigenvalue weighted by molar-refractivity contribution is 7.89. The molecule has 0 amide bonds. The number of sulfonamides is 1. The normalized spacial score (nSPS) is 26.4. The number of hydrogen-bond donors (Lipinski definition) is 1. The summed E-state index contributed by atoms with van der Waals surface area (Å²) in [6.07, 6.45) is 2.28. The van der Waals surface area contributed by atoms with E-state index in [0.717, 1.165) is 39.1 Å². The monoisotopic (exact) mass is 304 g/mol. The predicted molar refractivity (Wildman–Crippen MR) is 81.4 cm³/mol. The third kappa shape index (κ3) is 4.39. The lowest BCUT2D eigenvalue weighted by Gasteiger charge is -2.29. The number of nitrogens with zero attached hydrogens (tertiary/aromatic N) is 3. The van der Waals surface area contributed by atoms with Gasteiger partial charge in [0.15, 0.2) is 0 Å². The Morgan fingerprint density at radius 1 is 1.25 bits per heavy atom. The SMILES string of the molecule is CN1CCCC1CN(C)S(=O)(=O)CCN1CCNCC1. The Labute approximate surface area is 123 Å². The van der Waals surface area contributed by atoms with E-state index in [1.807, 2.05) is 0 Å². The summed E-state index contributed by atoms with van der Waals surface area (Å²) in [6.45, 7) is 6.18. The van der Waals surface area contributed by atoms with E-state index in [-0.39, 0.29) is 5.75 Å². The Hall–Kier alpha value is -0.210. The highest BCUT2D eigenvalue weighted by Crippen LogP contribution is 2.16. The fraction of sp³-hybridized carbons (Fsp3) is 1.00. The second-order valence-corrected chi connectivity index (χ2v) is 8.16. The molecule has 0 radical (unpaired) electrons. The van der Waals surface area contributed by atoms with Gasteiger partial charge in [-0.05, 0) is 26.4 Å². The van der Waals surface area contributed by atoms with E-state index in [9.17, 15) is 8.42 Å². The molecule has 2 rings (SSSR count). The van der Waals surface area contributed by atoms with Crippen molar-refractivity contribution in [1.29, 1.82) is 0 Å². The number of rotatable bonds is 6. The minimum atomic E-state index is -3.13. The maximum Gasteiger partial charge on any atom is 0.215 e. The highest BCUT2D eigenvalue weighted by Gasteiger charge is 2.27. The van der Waals surface area contributed by atoms with Crippen LogP contribution in [0.5, 0.6) is 0 Å². The first kappa shape index (κ1) is 16.2. The number of likely N-dealkylation sites (N-methyl/N-ethyl adjacent to an activating group) is 2. The molecule has 2 saturated heterocycles. The maximum absolute atomic E-state index is 12.3. The number of hydrogen-bond acceptors (Lipinski definition) is 5. The van der Waals surface area contributed by atoms with Gasteiger partial charge in [0.05, 0.1) is 5.75 Å². The molecule has 0 aromatic carbocycles. The third-order valence-electron chi connectivity index (χ3n) is 4.49. The van der Waals surface area contributed by atoms with Crippen molar-refractivity contribution < 1.29 is 8.42 Å². The topological polar surface area (TPSA) is 55.9 Å². The largest absolute Gasteiger partial charge is 0.314 e. The molecule has 2 fully saturated rings. The van der Waals surface area contributed by atoms with E-state index < -0.39 is 10.0 Å². The van der Waals surface area contributed by atoms with Crippen LogP contribution in [0.3, 0.4) is 0 Å². The van der Waals surface area contributed by atoms with Gasteiger partial charge >= 0.3 is 0 Å². The van der Waals surface area contributed by atoms with Gasteiger partial charge in [-0.15, -0.1) is 0 Å². The van der Waals surface area contributed by atoms with Crippen molar-refractivity contribution in [3.8, 4) is 0 Å². The first-order valence-electron chi connectivity index (χ1n) is 7.56. The van der Waals surface area contributed by atoms with Gasteiger partial charge in [-0.3, -0.25) is 4.90 Å². The lowest BCUT2D eigenvalue weighted by Crippen LogP contribution is -2.47. The Bertz CT molecular complexity index is 395. The van der Waals surface area contributed by atoms with E-state index in [4.69, 9.17) is 0 Å². The Kier molecular flexibility index (Phi) is 5.80. The smallest absolute Gasteiger partial charge is 0.215 e. The summed E-state index contributed by atoms with van der Waals surface area (Å²) in [7, 11) is 0.678. The quantitative estimate of drug-likeness (QED) is 0.700. The molecule has 6 nitrogen and oxygen atoms in total. The predicted octanol–water partition coefficient (Wildman–Crippen LogP) is -0.753.